The van der Waals surface area contributed by atoms with E-state index in [1.165, 1.54) is 34.6 Å². The summed E-state index contributed by atoms with van der Waals surface area (Å²) in [5, 5.41) is 0. The molecular formula is C22H27NO5S. The second-order valence-corrected chi connectivity index (χ2v) is 8.09. The molecule has 0 N–H and O–H groups in total. The first kappa shape index (κ1) is 22.6. The highest BCUT2D eigenvalue weighted by Gasteiger charge is 2.21. The van der Waals surface area contributed by atoms with E-state index in [1.54, 1.807) is 39.2 Å². The SMILES string of the molecule is CCOc1cc(/C=C/C(=O)c2ccc(S(=O)(=O)N(CC)CC)cc2)ccc1OC. The molecule has 0 atom stereocenters. The summed E-state index contributed by atoms with van der Waals surface area (Å²) in [5.41, 5.74) is 1.21. The number of allylic oxidation sites excluding steroid dienone is 1. The predicted molar refractivity (Wildman–Crippen MR) is 114 cm³/mol. The van der Waals surface area contributed by atoms with E-state index in [-0.39, 0.29) is 10.7 Å². The van der Waals surface area contributed by atoms with Gasteiger partial charge in [0.1, 0.15) is 0 Å². The molecule has 0 fully saturated rings. The van der Waals surface area contributed by atoms with Crippen LogP contribution < -0.4 is 9.47 Å². The number of benzene rings is 2. The van der Waals surface area contributed by atoms with Crippen molar-refractivity contribution < 1.29 is 22.7 Å². The first-order valence-corrected chi connectivity index (χ1v) is 10.9. The largest absolute Gasteiger partial charge is 0.493 e. The van der Waals surface area contributed by atoms with Crippen molar-refractivity contribution in [3.63, 3.8) is 0 Å². The number of carbonyl (C=O) groups is 1. The number of ketones is 1. The molecule has 0 saturated heterocycles. The molecule has 6 nitrogen and oxygen atoms in total. The summed E-state index contributed by atoms with van der Waals surface area (Å²) in [7, 11) is -1.97. The molecule has 0 amide bonds. The third-order valence-electron chi connectivity index (χ3n) is 4.40. The summed E-state index contributed by atoms with van der Waals surface area (Å²) in [5.74, 6) is 1.02. The number of sulfonamides is 1. The lowest BCUT2D eigenvalue weighted by atomic mass is 10.1. The molecule has 0 aromatic heterocycles. The van der Waals surface area contributed by atoms with Gasteiger partial charge in [0.15, 0.2) is 17.3 Å². The van der Waals surface area contributed by atoms with Gasteiger partial charge in [-0.3, -0.25) is 4.79 Å². The number of carbonyl (C=O) groups excluding carboxylic acids is 1. The average Bonchev–Trinajstić information content (AvgIpc) is 2.73. The maximum absolute atomic E-state index is 12.5. The number of ether oxygens (including phenoxy) is 2. The van der Waals surface area contributed by atoms with Crippen molar-refractivity contribution in [2.75, 3.05) is 26.8 Å². The van der Waals surface area contributed by atoms with Gasteiger partial charge in [0.05, 0.1) is 18.6 Å². The standard InChI is InChI=1S/C22H27NO5S/c1-5-23(6-2)29(25,26)19-12-10-18(11-13-19)20(24)14-8-17-9-15-21(27-4)22(16-17)28-7-3/h8-16H,5-7H2,1-4H3/b14-8+. The highest BCUT2D eigenvalue weighted by molar-refractivity contribution is 7.89. The first-order valence-electron chi connectivity index (χ1n) is 9.50. The highest BCUT2D eigenvalue weighted by atomic mass is 32.2. The molecule has 0 bridgehead atoms. The second kappa shape index (κ2) is 10.2. The Morgan fingerprint density at radius 2 is 1.66 bits per heavy atom. The van der Waals surface area contributed by atoms with Crippen LogP contribution in [0.25, 0.3) is 6.08 Å². The average molecular weight is 418 g/mol. The van der Waals surface area contributed by atoms with Crippen molar-refractivity contribution in [3.05, 3.63) is 59.7 Å². The van der Waals surface area contributed by atoms with Gasteiger partial charge in [0, 0.05) is 18.7 Å². The van der Waals surface area contributed by atoms with Crippen molar-refractivity contribution >= 4 is 21.9 Å². The quantitative estimate of drug-likeness (QED) is 0.431. The lowest BCUT2D eigenvalue weighted by molar-refractivity contribution is 0.104. The Morgan fingerprint density at radius 1 is 1.00 bits per heavy atom. The maximum atomic E-state index is 12.5. The van der Waals surface area contributed by atoms with Crippen LogP contribution in [0.3, 0.4) is 0 Å². The maximum Gasteiger partial charge on any atom is 0.243 e. The molecule has 2 aromatic carbocycles. The second-order valence-electron chi connectivity index (χ2n) is 6.15. The van der Waals surface area contributed by atoms with Crippen molar-refractivity contribution in [3.8, 4) is 11.5 Å². The molecule has 0 aliphatic heterocycles. The number of methoxy groups -OCH3 is 1. The Morgan fingerprint density at radius 3 is 2.21 bits per heavy atom. The van der Waals surface area contributed by atoms with Gasteiger partial charge in [0.2, 0.25) is 10.0 Å². The summed E-state index contributed by atoms with van der Waals surface area (Å²) < 4.78 is 37.2. The zero-order valence-corrected chi connectivity index (χ0v) is 18.0. The van der Waals surface area contributed by atoms with Crippen LogP contribution >= 0.6 is 0 Å². The lowest BCUT2D eigenvalue weighted by Crippen LogP contribution is -2.30. The van der Waals surface area contributed by atoms with Gasteiger partial charge in [0.25, 0.3) is 0 Å². The molecule has 0 aliphatic carbocycles. The molecule has 0 heterocycles. The molecule has 29 heavy (non-hydrogen) atoms. The summed E-state index contributed by atoms with van der Waals surface area (Å²) in [6, 6.07) is 11.4. The fraction of sp³-hybridized carbons (Fsp3) is 0.318. The molecule has 2 rings (SSSR count). The predicted octanol–water partition coefficient (Wildman–Crippen LogP) is 4.02. The van der Waals surface area contributed by atoms with Crippen molar-refractivity contribution in [1.82, 2.24) is 4.31 Å². The van der Waals surface area contributed by atoms with Crippen LogP contribution in [0, 0.1) is 0 Å². The zero-order valence-electron chi connectivity index (χ0n) is 17.2. The third-order valence-corrected chi connectivity index (χ3v) is 6.46. The van der Waals surface area contributed by atoms with E-state index in [0.717, 1.165) is 5.56 Å². The van der Waals surface area contributed by atoms with Gasteiger partial charge in [-0.05, 0) is 55.0 Å². The van der Waals surface area contributed by atoms with E-state index in [2.05, 4.69) is 0 Å². The van der Waals surface area contributed by atoms with Crippen LogP contribution in [-0.4, -0.2) is 45.3 Å². The Bertz CT molecular complexity index is 961. The highest BCUT2D eigenvalue weighted by Crippen LogP contribution is 2.28. The smallest absolute Gasteiger partial charge is 0.243 e. The zero-order chi connectivity index (χ0) is 21.4. The fourth-order valence-corrected chi connectivity index (χ4v) is 4.30. The van der Waals surface area contributed by atoms with Gasteiger partial charge >= 0.3 is 0 Å². The fourth-order valence-electron chi connectivity index (χ4n) is 2.84. The van der Waals surface area contributed by atoms with E-state index in [1.807, 2.05) is 13.0 Å². The minimum Gasteiger partial charge on any atom is -0.493 e. The molecule has 0 spiro atoms. The Kier molecular flexibility index (Phi) is 7.99. The molecule has 2 aromatic rings. The topological polar surface area (TPSA) is 72.9 Å². The van der Waals surface area contributed by atoms with Crippen LogP contribution in [0.2, 0.25) is 0 Å². The number of nitrogens with zero attached hydrogens (tertiary/aromatic N) is 1. The summed E-state index contributed by atoms with van der Waals surface area (Å²) in [6.45, 7) is 6.77. The molecule has 156 valence electrons. The van der Waals surface area contributed by atoms with Gasteiger partial charge in [-0.15, -0.1) is 0 Å². The molecule has 7 heteroatoms. The van der Waals surface area contributed by atoms with Crippen LogP contribution in [0.5, 0.6) is 11.5 Å². The number of hydrogen-bond donors (Lipinski definition) is 0. The molecule has 0 saturated carbocycles. The van der Waals surface area contributed by atoms with Gasteiger partial charge in [-0.25, -0.2) is 8.42 Å². The Balaban J connectivity index is 2.18. The number of rotatable bonds is 10. The van der Waals surface area contributed by atoms with E-state index in [4.69, 9.17) is 9.47 Å². The van der Waals surface area contributed by atoms with Crippen LogP contribution in [0.4, 0.5) is 0 Å². The Labute approximate surface area is 172 Å². The minimum absolute atomic E-state index is 0.179. The van der Waals surface area contributed by atoms with Crippen molar-refractivity contribution in [2.45, 2.75) is 25.7 Å². The molecule has 0 aliphatic rings. The van der Waals surface area contributed by atoms with E-state index >= 15 is 0 Å². The van der Waals surface area contributed by atoms with Crippen LogP contribution in [0.15, 0.2) is 53.4 Å². The normalized spacial score (nSPS) is 11.8. The van der Waals surface area contributed by atoms with E-state index in [9.17, 15) is 13.2 Å². The number of hydrogen-bond acceptors (Lipinski definition) is 5. The van der Waals surface area contributed by atoms with Crippen molar-refractivity contribution in [2.24, 2.45) is 0 Å². The van der Waals surface area contributed by atoms with Gasteiger partial charge in [-0.1, -0.05) is 26.0 Å². The van der Waals surface area contributed by atoms with Gasteiger partial charge in [-0.2, -0.15) is 4.31 Å². The van der Waals surface area contributed by atoms with E-state index in [0.29, 0.717) is 36.8 Å². The van der Waals surface area contributed by atoms with Crippen LogP contribution in [-0.2, 0) is 10.0 Å². The third kappa shape index (κ3) is 5.46. The lowest BCUT2D eigenvalue weighted by Gasteiger charge is -2.18. The minimum atomic E-state index is -3.54. The van der Waals surface area contributed by atoms with Gasteiger partial charge < -0.3 is 9.47 Å². The van der Waals surface area contributed by atoms with Crippen LogP contribution in [0.1, 0.15) is 36.7 Å². The van der Waals surface area contributed by atoms with E-state index < -0.39 is 10.0 Å². The summed E-state index contributed by atoms with van der Waals surface area (Å²) >= 11 is 0. The summed E-state index contributed by atoms with van der Waals surface area (Å²) in [4.78, 5) is 12.6. The molecule has 0 unspecified atom stereocenters. The molecular weight excluding hydrogens is 390 g/mol. The molecule has 0 radical (unpaired) electrons. The first-order chi connectivity index (χ1) is 13.9. The monoisotopic (exact) mass is 417 g/mol. The Hall–Kier alpha value is -2.64. The summed E-state index contributed by atoms with van der Waals surface area (Å²) in [6.07, 6.45) is 3.14. The van der Waals surface area contributed by atoms with Crippen molar-refractivity contribution in [1.29, 1.82) is 0 Å².